The van der Waals surface area contributed by atoms with Crippen LogP contribution in [0.5, 0.6) is 0 Å². The summed E-state index contributed by atoms with van der Waals surface area (Å²) < 4.78 is 4.64. The molecule has 0 fully saturated rings. The van der Waals surface area contributed by atoms with Crippen LogP contribution in [0.25, 0.3) is 17.1 Å². The minimum absolute atomic E-state index is 0.0601. The fourth-order valence-corrected chi connectivity index (χ4v) is 3.54. The molecule has 0 spiro atoms. The molecule has 0 aliphatic rings. The zero-order valence-corrected chi connectivity index (χ0v) is 24.2. The maximum Gasteiger partial charge on any atom is 0.338 e. The standard InChI is InChI=1S/C11H12N4O.C9H6ClN3O.C9H7N3O2/c1-14(2)11(16)9-6-13-15(8-9)10-4-3-5-12-7-10;10-9(14)7-4-12-13(6-7)8-2-1-3-11-5-8;13-9(14)7-4-11-12(6-7)8-2-1-3-10-5-8/h3-8H,1-2H3;1-6H;1-6H,(H,13,14). The van der Waals surface area contributed by atoms with E-state index in [2.05, 4.69) is 30.2 Å². The number of carbonyl (C=O) groups is 3. The number of hydrogen-bond acceptors (Lipinski definition) is 9. The average molecular weight is 613 g/mol. The molecule has 44 heavy (non-hydrogen) atoms. The van der Waals surface area contributed by atoms with Gasteiger partial charge in [0.25, 0.3) is 11.1 Å². The van der Waals surface area contributed by atoms with Gasteiger partial charge in [-0.2, -0.15) is 15.3 Å². The number of aromatic nitrogens is 9. The fourth-order valence-electron chi connectivity index (χ4n) is 3.44. The summed E-state index contributed by atoms with van der Waals surface area (Å²) in [6.07, 6.45) is 18.9. The van der Waals surface area contributed by atoms with Crippen molar-refractivity contribution < 1.29 is 19.5 Å². The maximum atomic E-state index is 11.6. The Balaban J connectivity index is 0.000000151. The molecular formula is C29H25ClN10O4. The van der Waals surface area contributed by atoms with E-state index in [0.29, 0.717) is 11.1 Å². The van der Waals surface area contributed by atoms with Crippen LogP contribution in [0.1, 0.15) is 31.1 Å². The van der Waals surface area contributed by atoms with Crippen LogP contribution in [0.2, 0.25) is 0 Å². The van der Waals surface area contributed by atoms with E-state index in [9.17, 15) is 14.4 Å². The molecule has 6 rings (SSSR count). The minimum Gasteiger partial charge on any atom is -0.478 e. The summed E-state index contributed by atoms with van der Waals surface area (Å²) in [4.78, 5) is 46.4. The first-order chi connectivity index (χ1) is 21.2. The highest BCUT2D eigenvalue weighted by Crippen LogP contribution is 2.09. The summed E-state index contributed by atoms with van der Waals surface area (Å²) in [6.45, 7) is 0. The topological polar surface area (TPSA) is 167 Å². The van der Waals surface area contributed by atoms with Gasteiger partial charge in [0.15, 0.2) is 0 Å². The van der Waals surface area contributed by atoms with Crippen molar-refractivity contribution in [2.24, 2.45) is 0 Å². The van der Waals surface area contributed by atoms with Gasteiger partial charge in [0.05, 0.1) is 70.9 Å². The van der Waals surface area contributed by atoms with Gasteiger partial charge >= 0.3 is 5.97 Å². The third kappa shape index (κ3) is 8.27. The number of carboxylic acids is 1. The van der Waals surface area contributed by atoms with Gasteiger partial charge in [-0.05, 0) is 48.0 Å². The molecule has 6 heterocycles. The van der Waals surface area contributed by atoms with Gasteiger partial charge in [0.1, 0.15) is 0 Å². The summed E-state index contributed by atoms with van der Waals surface area (Å²) in [6, 6.07) is 10.9. The van der Waals surface area contributed by atoms with Crippen molar-refractivity contribution in [1.82, 2.24) is 49.2 Å². The first kappa shape index (κ1) is 30.9. The van der Waals surface area contributed by atoms with Gasteiger partial charge in [0, 0.05) is 51.3 Å². The molecule has 0 saturated carbocycles. The zero-order valence-electron chi connectivity index (χ0n) is 23.4. The molecule has 0 bridgehead atoms. The maximum absolute atomic E-state index is 11.6. The lowest BCUT2D eigenvalue weighted by Crippen LogP contribution is -2.21. The first-order valence-electron chi connectivity index (χ1n) is 12.7. The summed E-state index contributed by atoms with van der Waals surface area (Å²) in [5.41, 5.74) is 3.45. The van der Waals surface area contributed by atoms with Crippen molar-refractivity contribution in [3.8, 4) is 17.1 Å². The lowest BCUT2D eigenvalue weighted by molar-refractivity contribution is 0.0696. The summed E-state index contributed by atoms with van der Waals surface area (Å²) in [5.74, 6) is -1.05. The van der Waals surface area contributed by atoms with E-state index in [-0.39, 0.29) is 11.5 Å². The molecule has 0 atom stereocenters. The Kier molecular flexibility index (Phi) is 10.4. The molecule has 0 aliphatic carbocycles. The number of nitrogens with zero attached hydrogens (tertiary/aromatic N) is 10. The molecule has 0 saturated heterocycles. The number of carboxylic acid groups (broad SMARTS) is 1. The van der Waals surface area contributed by atoms with Crippen molar-refractivity contribution in [2.45, 2.75) is 0 Å². The van der Waals surface area contributed by atoms with Crippen molar-refractivity contribution in [3.05, 3.63) is 127 Å². The van der Waals surface area contributed by atoms with Crippen LogP contribution in [-0.2, 0) is 0 Å². The smallest absolute Gasteiger partial charge is 0.338 e. The van der Waals surface area contributed by atoms with Gasteiger partial charge < -0.3 is 10.0 Å². The van der Waals surface area contributed by atoms with E-state index in [1.54, 1.807) is 97.4 Å². The molecule has 222 valence electrons. The minimum atomic E-state index is -0.986. The van der Waals surface area contributed by atoms with E-state index in [4.69, 9.17) is 16.7 Å². The van der Waals surface area contributed by atoms with E-state index in [0.717, 1.165) is 17.1 Å². The second-order valence-electron chi connectivity index (χ2n) is 8.93. The normalized spacial score (nSPS) is 10.1. The predicted octanol–water partition coefficient (Wildman–Crippen LogP) is 3.58. The molecule has 0 aliphatic heterocycles. The number of carbonyl (C=O) groups excluding carboxylic acids is 2. The summed E-state index contributed by atoms with van der Waals surface area (Å²) >= 11 is 5.30. The lowest BCUT2D eigenvalue weighted by atomic mass is 10.3. The SMILES string of the molecule is CN(C)C(=O)c1cnn(-c2cccnc2)c1.O=C(Cl)c1cnn(-c2cccnc2)c1.O=C(O)c1cnn(-c2cccnc2)c1. The number of halogens is 1. The van der Waals surface area contributed by atoms with Crippen LogP contribution >= 0.6 is 11.6 Å². The highest BCUT2D eigenvalue weighted by molar-refractivity contribution is 6.67. The Bertz CT molecular complexity index is 1730. The van der Waals surface area contributed by atoms with Crippen molar-refractivity contribution in [1.29, 1.82) is 0 Å². The lowest BCUT2D eigenvalue weighted by Gasteiger charge is -2.07. The van der Waals surface area contributed by atoms with E-state index < -0.39 is 11.2 Å². The largest absolute Gasteiger partial charge is 0.478 e. The molecule has 14 nitrogen and oxygen atoms in total. The Morgan fingerprint density at radius 2 is 1.02 bits per heavy atom. The van der Waals surface area contributed by atoms with E-state index in [1.165, 1.54) is 28.2 Å². The van der Waals surface area contributed by atoms with Crippen LogP contribution in [-0.4, -0.2) is 85.5 Å². The first-order valence-corrected chi connectivity index (χ1v) is 13.1. The van der Waals surface area contributed by atoms with Gasteiger partial charge in [-0.25, -0.2) is 18.8 Å². The summed E-state index contributed by atoms with van der Waals surface area (Å²) in [7, 11) is 3.42. The average Bonchev–Trinajstić information content (AvgIpc) is 3.84. The highest BCUT2D eigenvalue weighted by atomic mass is 35.5. The van der Waals surface area contributed by atoms with Gasteiger partial charge in [-0.15, -0.1) is 0 Å². The molecule has 1 amide bonds. The molecule has 0 aromatic carbocycles. The molecule has 6 aromatic rings. The second kappa shape index (κ2) is 14.7. The van der Waals surface area contributed by atoms with Crippen LogP contribution < -0.4 is 0 Å². The Morgan fingerprint density at radius 3 is 1.34 bits per heavy atom. The van der Waals surface area contributed by atoms with Crippen LogP contribution in [0.4, 0.5) is 0 Å². The highest BCUT2D eigenvalue weighted by Gasteiger charge is 2.11. The fraction of sp³-hybridized carbons (Fsp3) is 0.0690. The van der Waals surface area contributed by atoms with Crippen molar-refractivity contribution in [2.75, 3.05) is 14.1 Å². The van der Waals surface area contributed by atoms with Gasteiger partial charge in [0.2, 0.25) is 0 Å². The van der Waals surface area contributed by atoms with E-state index >= 15 is 0 Å². The number of hydrogen-bond donors (Lipinski definition) is 1. The Morgan fingerprint density at radius 1 is 0.636 bits per heavy atom. The quantitative estimate of drug-likeness (QED) is 0.275. The zero-order chi connectivity index (χ0) is 31.5. The third-order valence-corrected chi connectivity index (χ3v) is 5.82. The van der Waals surface area contributed by atoms with E-state index in [1.807, 2.05) is 18.2 Å². The molecule has 1 N–H and O–H groups in total. The van der Waals surface area contributed by atoms with Crippen LogP contribution in [0.15, 0.2) is 111 Å². The molecule has 0 radical (unpaired) electrons. The van der Waals surface area contributed by atoms with Crippen LogP contribution in [0, 0.1) is 0 Å². The van der Waals surface area contributed by atoms with Gasteiger partial charge in [-0.1, -0.05) is 0 Å². The molecule has 6 aromatic heterocycles. The second-order valence-corrected chi connectivity index (χ2v) is 9.28. The Hall–Kier alpha value is -6.02. The summed E-state index contributed by atoms with van der Waals surface area (Å²) in [5, 5.41) is 20.2. The Labute approximate surface area is 255 Å². The number of rotatable bonds is 6. The van der Waals surface area contributed by atoms with Crippen molar-refractivity contribution >= 4 is 28.7 Å². The van der Waals surface area contributed by atoms with Crippen LogP contribution in [0.3, 0.4) is 0 Å². The molecular weight excluding hydrogens is 588 g/mol. The van der Waals surface area contributed by atoms with Gasteiger partial charge in [-0.3, -0.25) is 24.5 Å². The molecule has 15 heteroatoms. The number of pyridine rings is 3. The third-order valence-electron chi connectivity index (χ3n) is 5.61. The molecule has 0 unspecified atom stereocenters. The van der Waals surface area contributed by atoms with Crippen molar-refractivity contribution in [3.63, 3.8) is 0 Å². The monoisotopic (exact) mass is 612 g/mol. The predicted molar refractivity (Wildman–Crippen MR) is 159 cm³/mol. The number of aromatic carboxylic acids is 1. The number of amides is 1.